The fraction of sp³-hybridized carbons (Fsp3) is 0.136. The average molecular weight is 481 g/mol. The molecule has 168 valence electrons. The third kappa shape index (κ3) is 5.17. The summed E-state index contributed by atoms with van der Waals surface area (Å²) in [6, 6.07) is 12.9. The predicted octanol–water partition coefficient (Wildman–Crippen LogP) is 5.09. The summed E-state index contributed by atoms with van der Waals surface area (Å²) in [5.41, 5.74) is 0.259. The Bertz CT molecular complexity index is 1250. The van der Waals surface area contributed by atoms with E-state index in [9.17, 15) is 22.0 Å². The Hall–Kier alpha value is -3.17. The highest BCUT2D eigenvalue weighted by Crippen LogP contribution is 2.26. The Labute approximate surface area is 189 Å². The zero-order valence-corrected chi connectivity index (χ0v) is 18.7. The van der Waals surface area contributed by atoms with Crippen molar-refractivity contribution in [1.82, 2.24) is 0 Å². The number of nitrogens with one attached hydrogen (secondary N) is 1. The molecule has 10 heteroatoms. The number of nitrogens with zero attached hydrogens (tertiary/aromatic N) is 1. The molecule has 0 aliphatic heterocycles. The van der Waals surface area contributed by atoms with Crippen LogP contribution in [0.25, 0.3) is 0 Å². The molecule has 0 aromatic heterocycles. The summed E-state index contributed by atoms with van der Waals surface area (Å²) < 4.78 is 60.1. The Morgan fingerprint density at radius 2 is 1.72 bits per heavy atom. The molecule has 0 heterocycles. The lowest BCUT2D eigenvalue weighted by Gasteiger charge is -2.19. The Morgan fingerprint density at radius 3 is 2.34 bits per heavy atom. The van der Waals surface area contributed by atoms with Gasteiger partial charge in [0.25, 0.3) is 15.9 Å². The quantitative estimate of drug-likeness (QED) is 0.511. The van der Waals surface area contributed by atoms with Crippen LogP contribution >= 0.6 is 11.6 Å². The monoisotopic (exact) mass is 480 g/mol. The molecule has 6 nitrogen and oxygen atoms in total. The summed E-state index contributed by atoms with van der Waals surface area (Å²) in [5, 5.41) is 0.00412. The molecule has 1 amide bonds. The highest BCUT2D eigenvalue weighted by Gasteiger charge is 2.22. The van der Waals surface area contributed by atoms with Crippen molar-refractivity contribution < 1.29 is 26.7 Å². The fourth-order valence-corrected chi connectivity index (χ4v) is 4.11. The standard InChI is InChI=1S/C22H19ClF2N2O4S/c1-3-31-16-7-4-14(5-8-16)26-32(29,30)17-9-10-19(23)18(13-17)22(28)27(2)15-6-11-20(24)21(25)12-15/h4-13,26H,3H2,1-2H3. The Balaban J connectivity index is 1.88. The molecule has 1 N–H and O–H groups in total. The van der Waals surface area contributed by atoms with E-state index in [1.54, 1.807) is 24.3 Å². The number of carbonyl (C=O) groups is 1. The first-order valence-corrected chi connectivity index (χ1v) is 11.3. The van der Waals surface area contributed by atoms with Gasteiger partial charge in [0.15, 0.2) is 11.6 Å². The molecule has 3 aromatic carbocycles. The van der Waals surface area contributed by atoms with Gasteiger partial charge >= 0.3 is 0 Å². The number of hydrogen-bond donors (Lipinski definition) is 1. The minimum atomic E-state index is -4.04. The van der Waals surface area contributed by atoms with E-state index in [0.717, 1.165) is 23.1 Å². The number of ether oxygens (including phenoxy) is 1. The molecule has 0 fully saturated rings. The predicted molar refractivity (Wildman–Crippen MR) is 119 cm³/mol. The largest absolute Gasteiger partial charge is 0.494 e. The van der Waals surface area contributed by atoms with Crippen LogP contribution in [0.3, 0.4) is 0 Å². The molecule has 0 unspecified atom stereocenters. The molecule has 0 saturated heterocycles. The van der Waals surface area contributed by atoms with Gasteiger partial charge in [-0.2, -0.15) is 0 Å². The molecule has 0 aliphatic carbocycles. The number of anilines is 2. The van der Waals surface area contributed by atoms with Crippen molar-refractivity contribution in [2.75, 3.05) is 23.3 Å². The smallest absolute Gasteiger partial charge is 0.261 e. The number of halogens is 3. The molecule has 3 rings (SSSR count). The van der Waals surface area contributed by atoms with Gasteiger partial charge in [-0.05, 0) is 61.5 Å². The van der Waals surface area contributed by atoms with Crippen molar-refractivity contribution in [3.05, 3.63) is 82.9 Å². The van der Waals surface area contributed by atoms with Crippen molar-refractivity contribution in [3.63, 3.8) is 0 Å². The summed E-state index contributed by atoms with van der Waals surface area (Å²) in [6.07, 6.45) is 0. The van der Waals surface area contributed by atoms with E-state index in [1.807, 2.05) is 6.92 Å². The normalized spacial score (nSPS) is 11.2. The first-order valence-electron chi connectivity index (χ1n) is 9.40. The highest BCUT2D eigenvalue weighted by atomic mass is 35.5. The molecular weight excluding hydrogens is 462 g/mol. The Kier molecular flexibility index (Phi) is 7.00. The van der Waals surface area contributed by atoms with Crippen LogP contribution in [0.2, 0.25) is 5.02 Å². The maximum atomic E-state index is 13.5. The minimum absolute atomic E-state index is 0.00412. The molecule has 0 aliphatic rings. The van der Waals surface area contributed by atoms with Crippen LogP contribution in [-0.2, 0) is 10.0 Å². The van der Waals surface area contributed by atoms with Gasteiger partial charge in [-0.1, -0.05) is 11.6 Å². The first kappa shape index (κ1) is 23.5. The van der Waals surface area contributed by atoms with Gasteiger partial charge in [-0.25, -0.2) is 17.2 Å². The number of rotatable bonds is 7. The maximum absolute atomic E-state index is 13.5. The van der Waals surface area contributed by atoms with Crippen molar-refractivity contribution in [3.8, 4) is 5.75 Å². The molecule has 0 atom stereocenters. The van der Waals surface area contributed by atoms with E-state index >= 15 is 0 Å². The molecule has 3 aromatic rings. The van der Waals surface area contributed by atoms with E-state index in [4.69, 9.17) is 16.3 Å². The fourth-order valence-electron chi connectivity index (χ4n) is 2.83. The second-order valence-electron chi connectivity index (χ2n) is 6.67. The highest BCUT2D eigenvalue weighted by molar-refractivity contribution is 7.92. The van der Waals surface area contributed by atoms with E-state index in [-0.39, 0.29) is 21.2 Å². The van der Waals surface area contributed by atoms with Crippen LogP contribution in [0, 0.1) is 11.6 Å². The molecule has 0 radical (unpaired) electrons. The van der Waals surface area contributed by atoms with E-state index in [0.29, 0.717) is 18.0 Å². The molecule has 32 heavy (non-hydrogen) atoms. The van der Waals surface area contributed by atoms with Gasteiger partial charge in [0.2, 0.25) is 0 Å². The summed E-state index contributed by atoms with van der Waals surface area (Å²) in [5.74, 6) is -2.28. The third-order valence-electron chi connectivity index (χ3n) is 4.49. The summed E-state index contributed by atoms with van der Waals surface area (Å²) >= 11 is 6.13. The second kappa shape index (κ2) is 9.54. The van der Waals surface area contributed by atoms with Crippen molar-refractivity contribution >= 4 is 38.9 Å². The molecule has 0 spiro atoms. The number of carbonyl (C=O) groups excluding carboxylic acids is 1. The second-order valence-corrected chi connectivity index (χ2v) is 8.76. The van der Waals surface area contributed by atoms with Gasteiger partial charge in [-0.3, -0.25) is 9.52 Å². The third-order valence-corrected chi connectivity index (χ3v) is 6.20. The number of benzene rings is 3. The molecule has 0 bridgehead atoms. The first-order chi connectivity index (χ1) is 15.1. The van der Waals surface area contributed by atoms with Crippen LogP contribution in [-0.4, -0.2) is 28.0 Å². The number of amides is 1. The zero-order chi connectivity index (χ0) is 23.5. The van der Waals surface area contributed by atoms with Crippen molar-refractivity contribution in [2.24, 2.45) is 0 Å². The number of sulfonamides is 1. The zero-order valence-electron chi connectivity index (χ0n) is 17.1. The van der Waals surface area contributed by atoms with Crippen LogP contribution in [0.4, 0.5) is 20.2 Å². The van der Waals surface area contributed by atoms with Crippen molar-refractivity contribution in [2.45, 2.75) is 11.8 Å². The minimum Gasteiger partial charge on any atom is -0.494 e. The van der Waals surface area contributed by atoms with Crippen LogP contribution in [0.1, 0.15) is 17.3 Å². The summed E-state index contributed by atoms with van der Waals surface area (Å²) in [7, 11) is -2.71. The van der Waals surface area contributed by atoms with Crippen LogP contribution in [0.15, 0.2) is 65.6 Å². The Morgan fingerprint density at radius 1 is 1.03 bits per heavy atom. The lowest BCUT2D eigenvalue weighted by Crippen LogP contribution is -2.27. The lowest BCUT2D eigenvalue weighted by atomic mass is 10.2. The van der Waals surface area contributed by atoms with Gasteiger partial charge in [-0.15, -0.1) is 0 Å². The van der Waals surface area contributed by atoms with Gasteiger partial charge in [0, 0.05) is 24.5 Å². The SMILES string of the molecule is CCOc1ccc(NS(=O)(=O)c2ccc(Cl)c(C(=O)N(C)c3ccc(F)c(F)c3)c2)cc1. The summed E-state index contributed by atoms with van der Waals surface area (Å²) in [6.45, 7) is 2.31. The van der Waals surface area contributed by atoms with Gasteiger partial charge in [0.1, 0.15) is 5.75 Å². The van der Waals surface area contributed by atoms with Crippen LogP contribution in [0.5, 0.6) is 5.75 Å². The average Bonchev–Trinajstić information content (AvgIpc) is 2.76. The van der Waals surface area contributed by atoms with E-state index in [2.05, 4.69) is 4.72 Å². The topological polar surface area (TPSA) is 75.7 Å². The number of hydrogen-bond acceptors (Lipinski definition) is 4. The lowest BCUT2D eigenvalue weighted by molar-refractivity contribution is 0.0993. The van der Waals surface area contributed by atoms with E-state index < -0.39 is 27.6 Å². The van der Waals surface area contributed by atoms with Crippen LogP contribution < -0.4 is 14.4 Å². The van der Waals surface area contributed by atoms with Gasteiger partial charge in [0.05, 0.1) is 22.1 Å². The van der Waals surface area contributed by atoms with Crippen molar-refractivity contribution in [1.29, 1.82) is 0 Å². The summed E-state index contributed by atoms with van der Waals surface area (Å²) in [4.78, 5) is 13.7. The van der Waals surface area contributed by atoms with Gasteiger partial charge < -0.3 is 9.64 Å². The maximum Gasteiger partial charge on any atom is 0.261 e. The molecule has 0 saturated carbocycles. The van der Waals surface area contributed by atoms with E-state index in [1.165, 1.54) is 25.2 Å². The molecular formula is C22H19ClF2N2O4S.